The van der Waals surface area contributed by atoms with Crippen molar-refractivity contribution in [3.05, 3.63) is 35.5 Å². The third-order valence-corrected chi connectivity index (χ3v) is 3.31. The van der Waals surface area contributed by atoms with Gasteiger partial charge in [0.1, 0.15) is 0 Å². The van der Waals surface area contributed by atoms with Gasteiger partial charge >= 0.3 is 5.37 Å². The fraction of sp³-hybridized carbons (Fsp3) is 0.308. The standard InChI is InChI=1S/C13H15ClN2O/c1-9-10(7-8-16(2)13(14)17)11-5-3-4-6-12(11)15-9/h3-6,15H,7-8H2,1-2H3. The molecule has 4 heteroatoms. The maximum atomic E-state index is 10.9. The molecule has 17 heavy (non-hydrogen) atoms. The molecule has 0 aliphatic rings. The Balaban J connectivity index is 2.23. The second kappa shape index (κ2) is 4.80. The molecule has 1 aromatic carbocycles. The molecule has 1 aromatic heterocycles. The number of carbonyl (C=O) groups excluding carboxylic acids is 1. The molecule has 0 bridgehead atoms. The van der Waals surface area contributed by atoms with Crippen LogP contribution in [0.25, 0.3) is 10.9 Å². The summed E-state index contributed by atoms with van der Waals surface area (Å²) in [6, 6.07) is 8.19. The van der Waals surface area contributed by atoms with Gasteiger partial charge in [0, 0.05) is 30.2 Å². The zero-order valence-electron chi connectivity index (χ0n) is 9.96. The summed E-state index contributed by atoms with van der Waals surface area (Å²) in [5.41, 5.74) is 3.55. The molecule has 2 aromatic rings. The Hall–Kier alpha value is -1.48. The monoisotopic (exact) mass is 250 g/mol. The number of nitrogens with one attached hydrogen (secondary N) is 1. The molecule has 2 rings (SSSR count). The van der Waals surface area contributed by atoms with E-state index in [-0.39, 0.29) is 0 Å². The Kier molecular flexibility index (Phi) is 3.38. The van der Waals surface area contributed by atoms with Crippen LogP contribution in [0.2, 0.25) is 0 Å². The number of hydrogen-bond acceptors (Lipinski definition) is 1. The van der Waals surface area contributed by atoms with E-state index in [1.165, 1.54) is 15.8 Å². The molecule has 90 valence electrons. The lowest BCUT2D eigenvalue weighted by Crippen LogP contribution is -2.23. The van der Waals surface area contributed by atoms with Crippen molar-refractivity contribution in [2.24, 2.45) is 0 Å². The maximum absolute atomic E-state index is 10.9. The van der Waals surface area contributed by atoms with Crippen LogP contribution in [0, 0.1) is 6.92 Å². The Morgan fingerprint density at radius 1 is 1.41 bits per heavy atom. The first-order valence-electron chi connectivity index (χ1n) is 5.56. The number of aryl methyl sites for hydroxylation is 1. The van der Waals surface area contributed by atoms with E-state index in [1.807, 2.05) is 12.1 Å². The van der Waals surface area contributed by atoms with Gasteiger partial charge in [0.25, 0.3) is 0 Å². The number of H-pyrrole nitrogens is 1. The molecular formula is C13H15ClN2O. The molecule has 1 heterocycles. The van der Waals surface area contributed by atoms with Crippen molar-refractivity contribution in [3.63, 3.8) is 0 Å². The van der Waals surface area contributed by atoms with Crippen molar-refractivity contribution < 1.29 is 4.79 Å². The van der Waals surface area contributed by atoms with E-state index in [1.54, 1.807) is 7.05 Å². The molecule has 0 unspecified atom stereocenters. The first-order valence-corrected chi connectivity index (χ1v) is 5.94. The van der Waals surface area contributed by atoms with E-state index in [9.17, 15) is 4.79 Å². The Morgan fingerprint density at radius 2 is 2.12 bits per heavy atom. The van der Waals surface area contributed by atoms with Crippen molar-refractivity contribution in [2.45, 2.75) is 13.3 Å². The summed E-state index contributed by atoms with van der Waals surface area (Å²) in [7, 11) is 1.71. The molecule has 0 aliphatic heterocycles. The van der Waals surface area contributed by atoms with Crippen LogP contribution in [-0.4, -0.2) is 28.8 Å². The van der Waals surface area contributed by atoms with Crippen LogP contribution in [0.3, 0.4) is 0 Å². The van der Waals surface area contributed by atoms with Gasteiger partial charge in [-0.1, -0.05) is 18.2 Å². The number of hydrogen-bond donors (Lipinski definition) is 1. The average molecular weight is 251 g/mol. The highest BCUT2D eigenvalue weighted by molar-refractivity contribution is 6.62. The number of halogens is 1. The van der Waals surface area contributed by atoms with Crippen molar-refractivity contribution in [2.75, 3.05) is 13.6 Å². The van der Waals surface area contributed by atoms with Crippen LogP contribution in [-0.2, 0) is 6.42 Å². The number of likely N-dealkylation sites (N-methyl/N-ethyl adjacent to an activating group) is 1. The van der Waals surface area contributed by atoms with E-state index >= 15 is 0 Å². The van der Waals surface area contributed by atoms with Gasteiger partial charge in [0.05, 0.1) is 0 Å². The van der Waals surface area contributed by atoms with Crippen molar-refractivity contribution in [1.82, 2.24) is 9.88 Å². The zero-order valence-corrected chi connectivity index (χ0v) is 10.7. The van der Waals surface area contributed by atoms with E-state index < -0.39 is 5.37 Å². The van der Waals surface area contributed by atoms with Gasteiger partial charge in [-0.15, -0.1) is 0 Å². The molecule has 0 fully saturated rings. The Labute approximate surface area is 105 Å². The Morgan fingerprint density at radius 3 is 2.82 bits per heavy atom. The van der Waals surface area contributed by atoms with Gasteiger partial charge < -0.3 is 9.88 Å². The number of amides is 1. The van der Waals surface area contributed by atoms with Crippen molar-refractivity contribution in [1.29, 1.82) is 0 Å². The first kappa shape index (κ1) is 12.0. The van der Waals surface area contributed by atoms with E-state index in [0.29, 0.717) is 6.54 Å². The molecular weight excluding hydrogens is 236 g/mol. The van der Waals surface area contributed by atoms with Gasteiger partial charge in [-0.05, 0) is 36.6 Å². The third kappa shape index (κ3) is 2.44. The van der Waals surface area contributed by atoms with Crippen LogP contribution < -0.4 is 0 Å². The zero-order chi connectivity index (χ0) is 12.4. The molecule has 0 spiro atoms. The van der Waals surface area contributed by atoms with Gasteiger partial charge in [-0.25, -0.2) is 0 Å². The second-order valence-electron chi connectivity index (χ2n) is 4.20. The number of benzene rings is 1. The third-order valence-electron chi connectivity index (χ3n) is 3.02. The Bertz CT molecular complexity index is 547. The number of rotatable bonds is 3. The lowest BCUT2D eigenvalue weighted by molar-refractivity contribution is 0.232. The predicted octanol–water partition coefficient (Wildman–Crippen LogP) is 3.31. The fourth-order valence-corrected chi connectivity index (χ4v) is 2.11. The van der Waals surface area contributed by atoms with Crippen molar-refractivity contribution >= 4 is 27.9 Å². The number of carbonyl (C=O) groups is 1. The summed E-state index contributed by atoms with van der Waals surface area (Å²) in [6.07, 6.45) is 0.810. The molecule has 0 saturated heterocycles. The molecule has 3 nitrogen and oxygen atoms in total. The topological polar surface area (TPSA) is 36.1 Å². The summed E-state index contributed by atoms with van der Waals surface area (Å²) in [6.45, 7) is 2.68. The minimum Gasteiger partial charge on any atom is -0.358 e. The number of fused-ring (bicyclic) bond motifs is 1. The highest BCUT2D eigenvalue weighted by atomic mass is 35.5. The smallest absolute Gasteiger partial charge is 0.316 e. The number of aromatic nitrogens is 1. The van der Waals surface area contributed by atoms with E-state index in [2.05, 4.69) is 24.0 Å². The van der Waals surface area contributed by atoms with Crippen LogP contribution in [0.4, 0.5) is 4.79 Å². The summed E-state index contributed by atoms with van der Waals surface area (Å²) in [4.78, 5) is 15.8. The molecule has 1 N–H and O–H groups in total. The molecule has 0 saturated carbocycles. The largest absolute Gasteiger partial charge is 0.358 e. The molecule has 0 radical (unpaired) electrons. The van der Waals surface area contributed by atoms with Gasteiger partial charge in [-0.3, -0.25) is 4.79 Å². The van der Waals surface area contributed by atoms with Crippen LogP contribution in [0.5, 0.6) is 0 Å². The molecule has 0 aliphatic carbocycles. The summed E-state index contributed by atoms with van der Waals surface area (Å²) in [5.74, 6) is 0. The lowest BCUT2D eigenvalue weighted by Gasteiger charge is -2.12. The highest BCUT2D eigenvalue weighted by Gasteiger charge is 2.10. The molecule has 0 atom stereocenters. The van der Waals surface area contributed by atoms with Crippen LogP contribution in [0.1, 0.15) is 11.3 Å². The van der Waals surface area contributed by atoms with Gasteiger partial charge in [0.15, 0.2) is 0 Å². The fourth-order valence-electron chi connectivity index (χ4n) is 2.02. The highest BCUT2D eigenvalue weighted by Crippen LogP contribution is 2.22. The number of para-hydroxylation sites is 1. The molecule has 1 amide bonds. The normalized spacial score (nSPS) is 10.8. The first-order chi connectivity index (χ1) is 8.09. The maximum Gasteiger partial charge on any atom is 0.316 e. The van der Waals surface area contributed by atoms with E-state index in [0.717, 1.165) is 17.6 Å². The average Bonchev–Trinajstić information content (AvgIpc) is 2.61. The summed E-state index contributed by atoms with van der Waals surface area (Å²) >= 11 is 5.41. The SMILES string of the molecule is Cc1[nH]c2ccccc2c1CCN(C)C(=O)Cl. The number of nitrogens with zero attached hydrogens (tertiary/aromatic N) is 1. The van der Waals surface area contributed by atoms with Gasteiger partial charge in [-0.2, -0.15) is 0 Å². The van der Waals surface area contributed by atoms with E-state index in [4.69, 9.17) is 11.6 Å². The van der Waals surface area contributed by atoms with Gasteiger partial charge in [0.2, 0.25) is 0 Å². The summed E-state index contributed by atoms with van der Waals surface area (Å²) < 4.78 is 0. The van der Waals surface area contributed by atoms with Crippen LogP contribution in [0.15, 0.2) is 24.3 Å². The lowest BCUT2D eigenvalue weighted by atomic mass is 10.1. The minimum absolute atomic E-state index is 0.414. The predicted molar refractivity (Wildman–Crippen MR) is 70.6 cm³/mol. The second-order valence-corrected chi connectivity index (χ2v) is 4.52. The van der Waals surface area contributed by atoms with Crippen LogP contribution >= 0.6 is 11.6 Å². The quantitative estimate of drug-likeness (QED) is 0.659. The summed E-state index contributed by atoms with van der Waals surface area (Å²) in [5, 5.41) is 0.808. The van der Waals surface area contributed by atoms with Crippen molar-refractivity contribution in [3.8, 4) is 0 Å². The number of aromatic amines is 1. The minimum atomic E-state index is -0.414.